The van der Waals surface area contributed by atoms with E-state index in [1.165, 1.54) is 12.8 Å². The average Bonchev–Trinajstić information content (AvgIpc) is 3.16. The van der Waals surface area contributed by atoms with E-state index in [-0.39, 0.29) is 5.54 Å². The van der Waals surface area contributed by atoms with Crippen LogP contribution in [-0.4, -0.2) is 15.5 Å². The van der Waals surface area contributed by atoms with E-state index in [2.05, 4.69) is 27.6 Å². The monoisotopic (exact) mass is 255 g/mol. The third-order valence-electron chi connectivity index (χ3n) is 3.34. The Morgan fingerprint density at radius 2 is 1.79 bits per heavy atom. The van der Waals surface area contributed by atoms with Crippen molar-refractivity contribution in [2.45, 2.75) is 25.3 Å². The molecule has 1 aromatic heterocycles. The third kappa shape index (κ3) is 2.66. The van der Waals surface area contributed by atoms with Gasteiger partial charge in [-0.15, -0.1) is 0 Å². The van der Waals surface area contributed by atoms with Crippen LogP contribution in [0.2, 0.25) is 0 Å². The van der Waals surface area contributed by atoms with Gasteiger partial charge in [0.25, 0.3) is 0 Å². The zero-order chi connectivity index (χ0) is 13.3. The molecule has 1 saturated carbocycles. The van der Waals surface area contributed by atoms with E-state index in [1.54, 1.807) is 0 Å². The standard InChI is InChI=1S/C14H17N5/c1-14(7-8-14)18-11-9-12(19-15)17-13(16-11)10-5-3-2-4-6-10/h2-6,9H,7-8,15H2,1H3,(H2,16,17,18,19). The molecule has 1 fully saturated rings. The van der Waals surface area contributed by atoms with Crippen molar-refractivity contribution in [3.63, 3.8) is 0 Å². The van der Waals surface area contributed by atoms with Crippen molar-refractivity contribution in [2.24, 2.45) is 5.84 Å². The Hall–Kier alpha value is -2.14. The SMILES string of the molecule is CC1(Nc2cc(NN)nc(-c3ccccc3)n2)CC1. The minimum absolute atomic E-state index is 0.175. The Kier molecular flexibility index (Phi) is 2.83. The van der Waals surface area contributed by atoms with Crippen molar-refractivity contribution in [2.75, 3.05) is 10.7 Å². The molecule has 1 aliphatic rings. The van der Waals surface area contributed by atoms with Gasteiger partial charge in [-0.25, -0.2) is 15.8 Å². The fraction of sp³-hybridized carbons (Fsp3) is 0.286. The summed E-state index contributed by atoms with van der Waals surface area (Å²) in [5, 5.41) is 3.43. The van der Waals surface area contributed by atoms with Gasteiger partial charge in [-0.2, -0.15) is 0 Å². The van der Waals surface area contributed by atoms with Crippen LogP contribution in [0.5, 0.6) is 0 Å². The first-order valence-corrected chi connectivity index (χ1v) is 6.38. The molecule has 1 heterocycles. The fourth-order valence-corrected chi connectivity index (χ4v) is 1.92. The first-order valence-electron chi connectivity index (χ1n) is 6.38. The second-order valence-corrected chi connectivity index (χ2v) is 5.16. The van der Waals surface area contributed by atoms with Crippen LogP contribution < -0.4 is 16.6 Å². The Morgan fingerprint density at radius 1 is 1.11 bits per heavy atom. The molecular formula is C14H17N5. The molecule has 0 unspecified atom stereocenters. The molecule has 4 N–H and O–H groups in total. The molecule has 1 aliphatic carbocycles. The summed E-state index contributed by atoms with van der Waals surface area (Å²) in [5.74, 6) is 7.57. The molecule has 19 heavy (non-hydrogen) atoms. The summed E-state index contributed by atoms with van der Waals surface area (Å²) >= 11 is 0. The molecule has 0 bridgehead atoms. The van der Waals surface area contributed by atoms with Crippen LogP contribution in [0.1, 0.15) is 19.8 Å². The molecule has 0 atom stereocenters. The van der Waals surface area contributed by atoms with E-state index in [1.807, 2.05) is 36.4 Å². The van der Waals surface area contributed by atoms with Gasteiger partial charge >= 0.3 is 0 Å². The van der Waals surface area contributed by atoms with Crippen LogP contribution in [-0.2, 0) is 0 Å². The summed E-state index contributed by atoms with van der Waals surface area (Å²) < 4.78 is 0. The zero-order valence-corrected chi connectivity index (χ0v) is 10.9. The molecule has 2 aromatic rings. The number of hydrazine groups is 1. The van der Waals surface area contributed by atoms with Gasteiger partial charge in [-0.1, -0.05) is 30.3 Å². The maximum atomic E-state index is 5.48. The molecule has 1 aromatic carbocycles. The van der Waals surface area contributed by atoms with Gasteiger partial charge in [0.15, 0.2) is 5.82 Å². The largest absolute Gasteiger partial charge is 0.365 e. The molecule has 0 amide bonds. The van der Waals surface area contributed by atoms with Crippen molar-refractivity contribution in [3.8, 4) is 11.4 Å². The highest BCUT2D eigenvalue weighted by atomic mass is 15.3. The van der Waals surface area contributed by atoms with Gasteiger partial charge in [0.05, 0.1) is 0 Å². The first-order chi connectivity index (χ1) is 9.18. The van der Waals surface area contributed by atoms with Crippen LogP contribution in [0, 0.1) is 0 Å². The number of nitrogens with one attached hydrogen (secondary N) is 2. The normalized spacial score (nSPS) is 15.9. The number of nitrogens with zero attached hydrogens (tertiary/aromatic N) is 2. The molecule has 5 heteroatoms. The van der Waals surface area contributed by atoms with Crippen LogP contribution in [0.25, 0.3) is 11.4 Å². The van der Waals surface area contributed by atoms with Crippen molar-refractivity contribution in [3.05, 3.63) is 36.4 Å². The van der Waals surface area contributed by atoms with E-state index >= 15 is 0 Å². The molecule has 0 radical (unpaired) electrons. The summed E-state index contributed by atoms with van der Waals surface area (Å²) in [4.78, 5) is 8.94. The van der Waals surface area contributed by atoms with Gasteiger partial charge in [-0.05, 0) is 19.8 Å². The minimum atomic E-state index is 0.175. The fourth-order valence-electron chi connectivity index (χ4n) is 1.92. The van der Waals surface area contributed by atoms with E-state index < -0.39 is 0 Å². The lowest BCUT2D eigenvalue weighted by Gasteiger charge is -2.14. The lowest BCUT2D eigenvalue weighted by Crippen LogP contribution is -2.18. The second kappa shape index (κ2) is 4.51. The lowest BCUT2D eigenvalue weighted by molar-refractivity contribution is 0.820. The Balaban J connectivity index is 1.97. The molecule has 5 nitrogen and oxygen atoms in total. The van der Waals surface area contributed by atoms with Crippen LogP contribution in [0.3, 0.4) is 0 Å². The minimum Gasteiger partial charge on any atom is -0.365 e. The van der Waals surface area contributed by atoms with E-state index in [9.17, 15) is 0 Å². The third-order valence-corrected chi connectivity index (χ3v) is 3.34. The van der Waals surface area contributed by atoms with E-state index in [0.717, 1.165) is 11.4 Å². The van der Waals surface area contributed by atoms with Crippen molar-refractivity contribution < 1.29 is 0 Å². The maximum Gasteiger partial charge on any atom is 0.163 e. The number of benzene rings is 1. The number of aromatic nitrogens is 2. The molecule has 98 valence electrons. The van der Waals surface area contributed by atoms with Gasteiger partial charge < -0.3 is 10.7 Å². The Morgan fingerprint density at radius 3 is 2.42 bits per heavy atom. The molecule has 0 saturated heterocycles. The number of anilines is 2. The predicted molar refractivity (Wildman–Crippen MR) is 76.5 cm³/mol. The summed E-state index contributed by atoms with van der Waals surface area (Å²) in [5.41, 5.74) is 3.74. The number of hydrogen-bond donors (Lipinski definition) is 3. The lowest BCUT2D eigenvalue weighted by atomic mass is 10.2. The number of nitrogens with two attached hydrogens (primary N) is 1. The highest BCUT2D eigenvalue weighted by Gasteiger charge is 2.37. The van der Waals surface area contributed by atoms with E-state index in [0.29, 0.717) is 11.6 Å². The van der Waals surface area contributed by atoms with Crippen molar-refractivity contribution in [1.29, 1.82) is 0 Å². The van der Waals surface area contributed by atoms with Crippen molar-refractivity contribution in [1.82, 2.24) is 9.97 Å². The van der Waals surface area contributed by atoms with Gasteiger partial charge in [0, 0.05) is 17.2 Å². The van der Waals surface area contributed by atoms with Gasteiger partial charge in [-0.3, -0.25) is 0 Å². The smallest absolute Gasteiger partial charge is 0.163 e. The topological polar surface area (TPSA) is 75.9 Å². The second-order valence-electron chi connectivity index (χ2n) is 5.16. The Labute approximate surface area is 112 Å². The number of hydrogen-bond acceptors (Lipinski definition) is 5. The summed E-state index contributed by atoms with van der Waals surface area (Å²) in [6.07, 6.45) is 2.34. The zero-order valence-electron chi connectivity index (χ0n) is 10.9. The van der Waals surface area contributed by atoms with Crippen LogP contribution >= 0.6 is 0 Å². The molecule has 3 rings (SSSR count). The molecule has 0 aliphatic heterocycles. The number of nitrogen functional groups attached to an aromatic ring is 1. The summed E-state index contributed by atoms with van der Waals surface area (Å²) in [6.45, 7) is 2.19. The predicted octanol–water partition coefficient (Wildman–Crippen LogP) is 2.39. The first kappa shape index (κ1) is 11.9. The van der Waals surface area contributed by atoms with Crippen LogP contribution in [0.15, 0.2) is 36.4 Å². The summed E-state index contributed by atoms with van der Waals surface area (Å²) in [6, 6.07) is 11.7. The molecular weight excluding hydrogens is 238 g/mol. The summed E-state index contributed by atoms with van der Waals surface area (Å²) in [7, 11) is 0. The quantitative estimate of drug-likeness (QED) is 0.577. The van der Waals surface area contributed by atoms with Gasteiger partial charge in [0.2, 0.25) is 0 Å². The highest BCUT2D eigenvalue weighted by molar-refractivity contribution is 5.61. The Bertz CT molecular complexity index is 578. The number of rotatable bonds is 4. The van der Waals surface area contributed by atoms with Crippen LogP contribution in [0.4, 0.5) is 11.6 Å². The maximum absolute atomic E-state index is 5.48. The highest BCUT2D eigenvalue weighted by Crippen LogP contribution is 2.38. The van der Waals surface area contributed by atoms with Gasteiger partial charge in [0.1, 0.15) is 11.6 Å². The van der Waals surface area contributed by atoms with E-state index in [4.69, 9.17) is 5.84 Å². The molecule has 0 spiro atoms. The van der Waals surface area contributed by atoms with Crippen molar-refractivity contribution >= 4 is 11.6 Å². The average molecular weight is 255 g/mol.